The van der Waals surface area contributed by atoms with E-state index in [0.717, 1.165) is 9.87 Å². The number of amides is 2. The van der Waals surface area contributed by atoms with Gasteiger partial charge in [-0.1, -0.05) is 37.3 Å². The Balaban J connectivity index is 1.92. The molecule has 3 rings (SSSR count). The van der Waals surface area contributed by atoms with Crippen LogP contribution in [0.25, 0.3) is 0 Å². The maximum Gasteiger partial charge on any atom is 0.244 e. The van der Waals surface area contributed by atoms with Gasteiger partial charge in [0.25, 0.3) is 0 Å². The lowest BCUT2D eigenvalue weighted by Crippen LogP contribution is -2.54. The lowest BCUT2D eigenvalue weighted by molar-refractivity contribution is -0.139. The van der Waals surface area contributed by atoms with Gasteiger partial charge in [-0.05, 0) is 51.3 Å². The SMILES string of the molecule is CCC(C(=O)NC(C)C)N(CCc1ccccc1)C(=O)CN(c1ccc2c(c1)OCO2)S(=O)(=O)CC. The number of carbonyl (C=O) groups excluding carboxylic acids is 2. The zero-order valence-corrected chi connectivity index (χ0v) is 22.1. The Morgan fingerprint density at radius 3 is 2.36 bits per heavy atom. The van der Waals surface area contributed by atoms with E-state index in [2.05, 4.69) is 5.32 Å². The van der Waals surface area contributed by atoms with Crippen LogP contribution in [-0.4, -0.2) is 62.9 Å². The summed E-state index contributed by atoms with van der Waals surface area (Å²) in [5.74, 6) is 0.0251. The van der Waals surface area contributed by atoms with E-state index < -0.39 is 28.5 Å². The summed E-state index contributed by atoms with van der Waals surface area (Å²) in [7, 11) is -3.81. The van der Waals surface area contributed by atoms with Gasteiger partial charge in [0.15, 0.2) is 11.5 Å². The number of benzene rings is 2. The van der Waals surface area contributed by atoms with E-state index in [0.29, 0.717) is 30.0 Å². The molecule has 0 aromatic heterocycles. The number of carbonyl (C=O) groups is 2. The Morgan fingerprint density at radius 1 is 1.03 bits per heavy atom. The predicted molar refractivity (Wildman–Crippen MR) is 139 cm³/mol. The molecular formula is C26H35N3O6S. The van der Waals surface area contributed by atoms with Crippen molar-refractivity contribution in [1.82, 2.24) is 10.2 Å². The fourth-order valence-electron chi connectivity index (χ4n) is 4.04. The van der Waals surface area contributed by atoms with E-state index in [1.165, 1.54) is 11.8 Å². The smallest absolute Gasteiger partial charge is 0.244 e. The first-order valence-corrected chi connectivity index (χ1v) is 13.8. The summed E-state index contributed by atoms with van der Waals surface area (Å²) in [5.41, 5.74) is 1.32. The fraction of sp³-hybridized carbons (Fsp3) is 0.462. The van der Waals surface area contributed by atoms with Crippen molar-refractivity contribution >= 4 is 27.5 Å². The van der Waals surface area contributed by atoms with E-state index in [1.54, 1.807) is 18.2 Å². The molecule has 10 heteroatoms. The Kier molecular flexibility index (Phi) is 9.19. The van der Waals surface area contributed by atoms with Crippen molar-refractivity contribution in [2.45, 2.75) is 52.6 Å². The molecule has 1 aliphatic heterocycles. The zero-order valence-electron chi connectivity index (χ0n) is 21.3. The molecule has 1 aliphatic rings. The van der Waals surface area contributed by atoms with Crippen LogP contribution in [0.4, 0.5) is 5.69 Å². The van der Waals surface area contributed by atoms with Crippen LogP contribution in [0.15, 0.2) is 48.5 Å². The van der Waals surface area contributed by atoms with Gasteiger partial charge in [0.05, 0.1) is 11.4 Å². The summed E-state index contributed by atoms with van der Waals surface area (Å²) < 4.78 is 37.9. The Hall–Kier alpha value is -3.27. The third kappa shape index (κ3) is 6.69. The summed E-state index contributed by atoms with van der Waals surface area (Å²) in [5, 5.41) is 2.89. The third-order valence-corrected chi connectivity index (χ3v) is 7.67. The highest BCUT2D eigenvalue weighted by atomic mass is 32.2. The fourth-order valence-corrected chi connectivity index (χ4v) is 5.09. The molecule has 2 aromatic rings. The molecule has 0 bridgehead atoms. The van der Waals surface area contributed by atoms with Crippen molar-refractivity contribution in [3.05, 3.63) is 54.1 Å². The second-order valence-electron chi connectivity index (χ2n) is 8.85. The first-order chi connectivity index (χ1) is 17.2. The standard InChI is InChI=1S/C26H35N3O6S/c1-5-22(26(31)27-19(3)4)28(15-14-20-10-8-7-9-11-20)25(30)17-29(36(32,33)6-2)21-12-13-23-24(16-21)35-18-34-23/h7-13,16,19,22H,5-6,14-15,17-18H2,1-4H3,(H,27,31). The van der Waals surface area contributed by atoms with Crippen molar-refractivity contribution in [2.24, 2.45) is 0 Å². The first-order valence-electron chi connectivity index (χ1n) is 12.2. The quantitative estimate of drug-likeness (QED) is 0.464. The molecule has 0 saturated heterocycles. The van der Waals surface area contributed by atoms with Gasteiger partial charge in [-0.15, -0.1) is 0 Å². The number of sulfonamides is 1. The van der Waals surface area contributed by atoms with Crippen LogP contribution in [0, 0.1) is 0 Å². The highest BCUT2D eigenvalue weighted by Crippen LogP contribution is 2.36. The van der Waals surface area contributed by atoms with Crippen LogP contribution in [0.5, 0.6) is 11.5 Å². The molecule has 0 radical (unpaired) electrons. The van der Waals surface area contributed by atoms with Crippen LogP contribution in [0.1, 0.15) is 39.7 Å². The van der Waals surface area contributed by atoms with Gasteiger partial charge < -0.3 is 19.7 Å². The molecule has 2 amide bonds. The number of rotatable bonds is 12. The van der Waals surface area contributed by atoms with E-state index in [4.69, 9.17) is 9.47 Å². The number of hydrogen-bond acceptors (Lipinski definition) is 6. The van der Waals surface area contributed by atoms with Gasteiger partial charge in [-0.3, -0.25) is 13.9 Å². The van der Waals surface area contributed by atoms with Crippen LogP contribution < -0.4 is 19.1 Å². The van der Waals surface area contributed by atoms with E-state index in [-0.39, 0.29) is 31.0 Å². The topological polar surface area (TPSA) is 105 Å². The van der Waals surface area contributed by atoms with Gasteiger partial charge in [0.2, 0.25) is 28.6 Å². The molecule has 1 N–H and O–H groups in total. The first kappa shape index (κ1) is 27.3. The highest BCUT2D eigenvalue weighted by Gasteiger charge is 2.33. The van der Waals surface area contributed by atoms with Crippen molar-refractivity contribution < 1.29 is 27.5 Å². The summed E-state index contributed by atoms with van der Waals surface area (Å²) >= 11 is 0. The van der Waals surface area contributed by atoms with Gasteiger partial charge in [-0.2, -0.15) is 0 Å². The number of hydrogen-bond donors (Lipinski definition) is 1. The van der Waals surface area contributed by atoms with Crippen LogP contribution in [0.2, 0.25) is 0 Å². The number of nitrogens with one attached hydrogen (secondary N) is 1. The maximum atomic E-state index is 13.7. The lowest BCUT2D eigenvalue weighted by Gasteiger charge is -2.33. The predicted octanol–water partition coefficient (Wildman–Crippen LogP) is 2.95. The Morgan fingerprint density at radius 2 is 1.72 bits per heavy atom. The molecule has 0 saturated carbocycles. The molecule has 1 unspecified atom stereocenters. The average Bonchev–Trinajstić information content (AvgIpc) is 3.33. The van der Waals surface area contributed by atoms with Crippen molar-refractivity contribution in [3.8, 4) is 11.5 Å². The molecule has 9 nitrogen and oxygen atoms in total. The molecule has 196 valence electrons. The second-order valence-corrected chi connectivity index (χ2v) is 11.0. The summed E-state index contributed by atoms with van der Waals surface area (Å²) in [6.45, 7) is 6.97. The average molecular weight is 518 g/mol. The summed E-state index contributed by atoms with van der Waals surface area (Å²) in [4.78, 5) is 28.2. The minimum atomic E-state index is -3.81. The Bertz CT molecular complexity index is 1150. The number of fused-ring (bicyclic) bond motifs is 1. The Labute approximate surface area is 213 Å². The second kappa shape index (κ2) is 12.1. The van der Waals surface area contributed by atoms with Crippen LogP contribution in [0.3, 0.4) is 0 Å². The lowest BCUT2D eigenvalue weighted by atomic mass is 10.1. The normalized spacial score (nSPS) is 13.4. The number of nitrogens with zero attached hydrogens (tertiary/aromatic N) is 2. The molecule has 2 aromatic carbocycles. The van der Waals surface area contributed by atoms with E-state index in [1.807, 2.05) is 51.1 Å². The van der Waals surface area contributed by atoms with E-state index >= 15 is 0 Å². The van der Waals surface area contributed by atoms with Crippen LogP contribution >= 0.6 is 0 Å². The molecule has 1 atom stereocenters. The molecule has 0 fully saturated rings. The van der Waals surface area contributed by atoms with Crippen molar-refractivity contribution in [3.63, 3.8) is 0 Å². The number of ether oxygens (including phenoxy) is 2. The molecular weight excluding hydrogens is 482 g/mol. The molecule has 1 heterocycles. The molecule has 36 heavy (non-hydrogen) atoms. The van der Waals surface area contributed by atoms with Gasteiger partial charge in [0.1, 0.15) is 12.6 Å². The largest absolute Gasteiger partial charge is 0.454 e. The van der Waals surface area contributed by atoms with Gasteiger partial charge in [0, 0.05) is 18.7 Å². The van der Waals surface area contributed by atoms with Crippen molar-refractivity contribution in [2.75, 3.05) is 29.9 Å². The summed E-state index contributed by atoms with van der Waals surface area (Å²) in [6.07, 6.45) is 0.923. The minimum Gasteiger partial charge on any atom is -0.454 e. The monoisotopic (exact) mass is 517 g/mol. The van der Waals surface area contributed by atoms with Gasteiger partial charge in [-0.25, -0.2) is 8.42 Å². The maximum absolute atomic E-state index is 13.7. The molecule has 0 spiro atoms. The molecule has 0 aliphatic carbocycles. The van der Waals surface area contributed by atoms with Gasteiger partial charge >= 0.3 is 0 Å². The van der Waals surface area contributed by atoms with E-state index in [9.17, 15) is 18.0 Å². The zero-order chi connectivity index (χ0) is 26.3. The number of anilines is 1. The third-order valence-electron chi connectivity index (χ3n) is 5.92. The van der Waals surface area contributed by atoms with Crippen LogP contribution in [-0.2, 0) is 26.0 Å². The highest BCUT2D eigenvalue weighted by molar-refractivity contribution is 7.92. The summed E-state index contributed by atoms with van der Waals surface area (Å²) in [6, 6.07) is 13.6. The minimum absolute atomic E-state index is 0.0502. The van der Waals surface area contributed by atoms with Crippen molar-refractivity contribution in [1.29, 1.82) is 0 Å².